The molecule has 18 heavy (non-hydrogen) atoms. The monoisotopic (exact) mass is 248 g/mol. The van der Waals surface area contributed by atoms with Crippen molar-refractivity contribution in [2.45, 2.75) is 33.6 Å². The number of rotatable bonds is 7. The fraction of sp³-hybridized carbons (Fsp3) is 0.533. The molecular formula is C15H24N2O. The van der Waals surface area contributed by atoms with Crippen LogP contribution in [0.2, 0.25) is 0 Å². The topological polar surface area (TPSA) is 41.1 Å². The van der Waals surface area contributed by atoms with Crippen LogP contribution in [-0.4, -0.2) is 19.0 Å². The molecule has 1 aromatic rings. The van der Waals surface area contributed by atoms with Crippen molar-refractivity contribution in [2.75, 3.05) is 18.4 Å². The Balaban J connectivity index is 2.40. The molecule has 0 aliphatic heterocycles. The van der Waals surface area contributed by atoms with Gasteiger partial charge in [0.15, 0.2) is 0 Å². The molecule has 0 radical (unpaired) electrons. The van der Waals surface area contributed by atoms with Gasteiger partial charge in [0.2, 0.25) is 5.91 Å². The largest absolute Gasteiger partial charge is 0.385 e. The van der Waals surface area contributed by atoms with E-state index in [0.29, 0.717) is 13.0 Å². The Morgan fingerprint density at radius 2 is 1.89 bits per heavy atom. The average molecular weight is 248 g/mol. The van der Waals surface area contributed by atoms with E-state index in [4.69, 9.17) is 0 Å². The maximum atomic E-state index is 11.4. The molecule has 0 fully saturated rings. The summed E-state index contributed by atoms with van der Waals surface area (Å²) in [6.07, 6.45) is 1.63. The molecule has 1 rings (SSSR count). The maximum absolute atomic E-state index is 11.4. The van der Waals surface area contributed by atoms with Crippen LogP contribution in [0.4, 0.5) is 5.69 Å². The Hall–Kier alpha value is -1.51. The number of carbonyl (C=O) groups is 1. The Labute approximate surface area is 110 Å². The maximum Gasteiger partial charge on any atom is 0.224 e. The minimum atomic E-state index is 0.0815. The number of likely N-dealkylation sites (N-methyl/N-ethyl adjacent to an activating group) is 1. The molecular weight excluding hydrogens is 224 g/mol. The Bertz CT molecular complexity index is 357. The van der Waals surface area contributed by atoms with Gasteiger partial charge in [-0.1, -0.05) is 26.0 Å². The van der Waals surface area contributed by atoms with Gasteiger partial charge in [0, 0.05) is 18.8 Å². The van der Waals surface area contributed by atoms with Crippen LogP contribution < -0.4 is 10.6 Å². The third-order valence-electron chi connectivity index (χ3n) is 2.74. The van der Waals surface area contributed by atoms with E-state index in [-0.39, 0.29) is 5.91 Å². The highest BCUT2D eigenvalue weighted by atomic mass is 16.1. The van der Waals surface area contributed by atoms with Crippen molar-refractivity contribution in [1.29, 1.82) is 0 Å². The van der Waals surface area contributed by atoms with Crippen LogP contribution in [0.25, 0.3) is 0 Å². The van der Waals surface area contributed by atoms with Gasteiger partial charge in [-0.15, -0.1) is 0 Å². The molecule has 0 saturated carbocycles. The van der Waals surface area contributed by atoms with Gasteiger partial charge in [0.25, 0.3) is 0 Å². The summed E-state index contributed by atoms with van der Waals surface area (Å²) in [6.45, 7) is 8.05. The first-order valence-electron chi connectivity index (χ1n) is 6.71. The molecule has 100 valence electrons. The Kier molecular flexibility index (Phi) is 6.26. The van der Waals surface area contributed by atoms with E-state index in [0.717, 1.165) is 23.7 Å². The lowest BCUT2D eigenvalue weighted by Crippen LogP contribution is -2.24. The van der Waals surface area contributed by atoms with Crippen molar-refractivity contribution < 1.29 is 4.79 Å². The summed E-state index contributed by atoms with van der Waals surface area (Å²) in [5.74, 6) is 0.799. The lowest BCUT2D eigenvalue weighted by atomic mass is 10.1. The van der Waals surface area contributed by atoms with E-state index < -0.39 is 0 Å². The van der Waals surface area contributed by atoms with Crippen molar-refractivity contribution >= 4 is 11.6 Å². The van der Waals surface area contributed by atoms with Gasteiger partial charge in [0.1, 0.15) is 0 Å². The van der Waals surface area contributed by atoms with E-state index in [9.17, 15) is 4.79 Å². The van der Waals surface area contributed by atoms with Crippen molar-refractivity contribution in [1.82, 2.24) is 5.32 Å². The fourth-order valence-corrected chi connectivity index (χ4v) is 1.69. The number of nitrogens with one attached hydrogen (secondary N) is 2. The smallest absolute Gasteiger partial charge is 0.224 e. The molecule has 0 saturated heterocycles. The summed E-state index contributed by atoms with van der Waals surface area (Å²) in [4.78, 5) is 11.4. The van der Waals surface area contributed by atoms with Crippen molar-refractivity contribution in [3.05, 3.63) is 29.8 Å². The van der Waals surface area contributed by atoms with E-state index in [2.05, 4.69) is 24.5 Å². The minimum absolute atomic E-state index is 0.0815. The van der Waals surface area contributed by atoms with Gasteiger partial charge >= 0.3 is 0 Å². The summed E-state index contributed by atoms with van der Waals surface area (Å²) in [7, 11) is 0. The van der Waals surface area contributed by atoms with Crippen LogP contribution in [0, 0.1) is 5.92 Å². The van der Waals surface area contributed by atoms with Crippen LogP contribution in [-0.2, 0) is 11.2 Å². The molecule has 3 heteroatoms. The molecule has 0 aliphatic carbocycles. The van der Waals surface area contributed by atoms with Gasteiger partial charge in [-0.2, -0.15) is 0 Å². The molecule has 0 bridgehead atoms. The van der Waals surface area contributed by atoms with Gasteiger partial charge in [0.05, 0.1) is 6.42 Å². The molecule has 1 aromatic carbocycles. The standard InChI is InChI=1S/C15H24N2O/c1-4-16-15(18)11-13-5-7-14(8-6-13)17-10-9-12(2)3/h5-8,12,17H,4,9-11H2,1-3H3,(H,16,18). The first-order chi connectivity index (χ1) is 8.61. The molecule has 0 spiro atoms. The van der Waals surface area contributed by atoms with Crippen molar-refractivity contribution in [3.63, 3.8) is 0 Å². The highest BCUT2D eigenvalue weighted by Crippen LogP contribution is 2.11. The number of hydrogen-bond acceptors (Lipinski definition) is 2. The zero-order valence-electron chi connectivity index (χ0n) is 11.6. The summed E-state index contributed by atoms with van der Waals surface area (Å²) < 4.78 is 0. The number of hydrogen-bond donors (Lipinski definition) is 2. The van der Waals surface area contributed by atoms with Crippen LogP contribution in [0.1, 0.15) is 32.8 Å². The third-order valence-corrected chi connectivity index (χ3v) is 2.74. The van der Waals surface area contributed by atoms with Crippen LogP contribution in [0.3, 0.4) is 0 Å². The predicted octanol–water partition coefficient (Wildman–Crippen LogP) is 2.82. The van der Waals surface area contributed by atoms with Gasteiger partial charge in [-0.3, -0.25) is 4.79 Å². The molecule has 2 N–H and O–H groups in total. The van der Waals surface area contributed by atoms with E-state index >= 15 is 0 Å². The number of amides is 1. The highest BCUT2D eigenvalue weighted by molar-refractivity contribution is 5.78. The second-order valence-electron chi connectivity index (χ2n) is 4.94. The predicted molar refractivity (Wildman–Crippen MR) is 76.8 cm³/mol. The highest BCUT2D eigenvalue weighted by Gasteiger charge is 2.01. The first kappa shape index (κ1) is 14.6. The Morgan fingerprint density at radius 1 is 1.22 bits per heavy atom. The molecule has 3 nitrogen and oxygen atoms in total. The zero-order chi connectivity index (χ0) is 13.4. The minimum Gasteiger partial charge on any atom is -0.385 e. The quantitative estimate of drug-likeness (QED) is 0.779. The zero-order valence-corrected chi connectivity index (χ0v) is 11.6. The normalized spacial score (nSPS) is 10.4. The number of anilines is 1. The van der Waals surface area contributed by atoms with Crippen LogP contribution >= 0.6 is 0 Å². The molecule has 0 unspecified atom stereocenters. The second-order valence-corrected chi connectivity index (χ2v) is 4.94. The summed E-state index contributed by atoms with van der Waals surface area (Å²) in [6, 6.07) is 8.09. The van der Waals surface area contributed by atoms with Gasteiger partial charge < -0.3 is 10.6 Å². The third kappa shape index (κ3) is 5.71. The lowest BCUT2D eigenvalue weighted by molar-refractivity contribution is -0.120. The van der Waals surface area contributed by atoms with Crippen molar-refractivity contribution in [2.24, 2.45) is 5.92 Å². The molecule has 0 aliphatic rings. The average Bonchev–Trinajstić information content (AvgIpc) is 2.31. The van der Waals surface area contributed by atoms with E-state index in [1.165, 1.54) is 6.42 Å². The SMILES string of the molecule is CCNC(=O)Cc1ccc(NCCC(C)C)cc1. The number of benzene rings is 1. The Morgan fingerprint density at radius 3 is 2.44 bits per heavy atom. The summed E-state index contributed by atoms with van der Waals surface area (Å²) in [5.41, 5.74) is 2.17. The lowest BCUT2D eigenvalue weighted by Gasteiger charge is -2.09. The van der Waals surface area contributed by atoms with Gasteiger partial charge in [-0.05, 0) is 37.0 Å². The number of carbonyl (C=O) groups excluding carboxylic acids is 1. The first-order valence-corrected chi connectivity index (χ1v) is 6.71. The molecule has 0 heterocycles. The van der Waals surface area contributed by atoms with E-state index in [1.807, 2.05) is 31.2 Å². The van der Waals surface area contributed by atoms with E-state index in [1.54, 1.807) is 0 Å². The van der Waals surface area contributed by atoms with Crippen LogP contribution in [0.5, 0.6) is 0 Å². The summed E-state index contributed by atoms with van der Waals surface area (Å²) in [5, 5.41) is 6.18. The van der Waals surface area contributed by atoms with Gasteiger partial charge in [-0.25, -0.2) is 0 Å². The molecule has 0 aromatic heterocycles. The van der Waals surface area contributed by atoms with Crippen LogP contribution in [0.15, 0.2) is 24.3 Å². The second kappa shape index (κ2) is 7.75. The fourth-order valence-electron chi connectivity index (χ4n) is 1.69. The molecule has 1 amide bonds. The summed E-state index contributed by atoms with van der Waals surface area (Å²) >= 11 is 0. The molecule has 0 atom stereocenters. The van der Waals surface area contributed by atoms with Crippen molar-refractivity contribution in [3.8, 4) is 0 Å².